The Morgan fingerprint density at radius 1 is 1.43 bits per heavy atom. The molecule has 0 spiro atoms. The Balaban J connectivity index is 1.83. The summed E-state index contributed by atoms with van der Waals surface area (Å²) in [5, 5.41) is 2.91. The normalized spacial score (nSPS) is 14.0. The number of para-hydroxylation sites is 2. The summed E-state index contributed by atoms with van der Waals surface area (Å²) < 4.78 is 7.49. The number of rotatable bonds is 5. The second kappa shape index (κ2) is 5.52. The molecule has 5 nitrogen and oxygen atoms in total. The van der Waals surface area contributed by atoms with E-state index in [2.05, 4.69) is 5.32 Å². The molecule has 0 atom stereocenters. The van der Waals surface area contributed by atoms with Gasteiger partial charge in [-0.2, -0.15) is 0 Å². The Morgan fingerprint density at radius 3 is 2.90 bits per heavy atom. The fraction of sp³-hybridized carbons (Fsp3) is 0.312. The lowest BCUT2D eigenvalue weighted by molar-refractivity contribution is 0.101. The van der Waals surface area contributed by atoms with Crippen molar-refractivity contribution in [2.24, 2.45) is 0 Å². The van der Waals surface area contributed by atoms with E-state index in [9.17, 15) is 4.79 Å². The van der Waals surface area contributed by atoms with Gasteiger partial charge in [0.2, 0.25) is 0 Å². The fourth-order valence-electron chi connectivity index (χ4n) is 2.38. The Labute approximate surface area is 123 Å². The van der Waals surface area contributed by atoms with E-state index in [1.54, 1.807) is 6.07 Å². The summed E-state index contributed by atoms with van der Waals surface area (Å²) in [7, 11) is 0. The summed E-state index contributed by atoms with van der Waals surface area (Å²) in [5.41, 5.74) is 7.72. The summed E-state index contributed by atoms with van der Waals surface area (Å²) in [6.07, 6.45) is 4.04. The molecule has 0 unspecified atom stereocenters. The zero-order valence-corrected chi connectivity index (χ0v) is 12.0. The molecule has 2 aromatic rings. The van der Waals surface area contributed by atoms with Crippen molar-refractivity contribution < 1.29 is 9.53 Å². The van der Waals surface area contributed by atoms with Crippen LogP contribution in [0, 0.1) is 0 Å². The molecule has 1 fully saturated rings. The van der Waals surface area contributed by atoms with Crippen molar-refractivity contribution >= 4 is 17.3 Å². The fourth-order valence-corrected chi connectivity index (χ4v) is 2.38. The number of carbonyl (C=O) groups excluding carboxylic acids is 1. The van der Waals surface area contributed by atoms with Gasteiger partial charge in [0, 0.05) is 12.2 Å². The van der Waals surface area contributed by atoms with Crippen molar-refractivity contribution in [1.29, 1.82) is 0 Å². The van der Waals surface area contributed by atoms with Gasteiger partial charge in [-0.3, -0.25) is 4.79 Å². The van der Waals surface area contributed by atoms with Crippen molar-refractivity contribution in [3.8, 4) is 5.75 Å². The van der Waals surface area contributed by atoms with E-state index in [0.717, 1.165) is 12.8 Å². The predicted molar refractivity (Wildman–Crippen MR) is 82.7 cm³/mol. The molecule has 1 saturated carbocycles. The highest BCUT2D eigenvalue weighted by atomic mass is 16.5. The number of benzene rings is 1. The molecule has 3 N–H and O–H groups in total. The number of nitrogens with zero attached hydrogens (tertiary/aromatic N) is 1. The molecule has 5 heteroatoms. The first kappa shape index (κ1) is 13.5. The van der Waals surface area contributed by atoms with Gasteiger partial charge >= 0.3 is 0 Å². The van der Waals surface area contributed by atoms with Gasteiger partial charge in [0.25, 0.3) is 5.91 Å². The number of aromatic nitrogens is 1. The second-order valence-electron chi connectivity index (χ2n) is 5.18. The molecule has 21 heavy (non-hydrogen) atoms. The van der Waals surface area contributed by atoms with Crippen LogP contribution in [-0.4, -0.2) is 17.1 Å². The summed E-state index contributed by atoms with van der Waals surface area (Å²) in [6.45, 7) is 2.47. The first-order valence-corrected chi connectivity index (χ1v) is 7.19. The van der Waals surface area contributed by atoms with Gasteiger partial charge in [0.05, 0.1) is 18.0 Å². The molecular formula is C16H19N3O2. The van der Waals surface area contributed by atoms with Crippen molar-refractivity contribution in [3.05, 3.63) is 42.2 Å². The van der Waals surface area contributed by atoms with Crippen LogP contribution in [0.3, 0.4) is 0 Å². The highest BCUT2D eigenvalue weighted by molar-refractivity contribution is 6.04. The van der Waals surface area contributed by atoms with Crippen LogP contribution in [0.25, 0.3) is 0 Å². The van der Waals surface area contributed by atoms with Crippen molar-refractivity contribution in [2.45, 2.75) is 25.8 Å². The summed E-state index contributed by atoms with van der Waals surface area (Å²) >= 11 is 0. The van der Waals surface area contributed by atoms with Crippen LogP contribution in [0.5, 0.6) is 5.75 Å². The van der Waals surface area contributed by atoms with E-state index in [0.29, 0.717) is 35.5 Å². The van der Waals surface area contributed by atoms with E-state index in [-0.39, 0.29) is 5.91 Å². The van der Waals surface area contributed by atoms with Gasteiger partial charge in [-0.05, 0) is 38.0 Å². The topological polar surface area (TPSA) is 69.3 Å². The van der Waals surface area contributed by atoms with Crippen LogP contribution in [0.15, 0.2) is 36.5 Å². The van der Waals surface area contributed by atoms with Gasteiger partial charge in [0.1, 0.15) is 11.4 Å². The van der Waals surface area contributed by atoms with E-state index in [1.165, 1.54) is 0 Å². The first-order chi connectivity index (χ1) is 10.2. The monoisotopic (exact) mass is 285 g/mol. The Hall–Kier alpha value is -2.43. The average molecular weight is 285 g/mol. The SMILES string of the molecule is CCOc1ccccc1NC(=O)c1cc(N)cn1C1CC1. The van der Waals surface area contributed by atoms with E-state index in [1.807, 2.05) is 42.0 Å². The van der Waals surface area contributed by atoms with E-state index >= 15 is 0 Å². The van der Waals surface area contributed by atoms with Crippen molar-refractivity contribution in [2.75, 3.05) is 17.7 Å². The first-order valence-electron chi connectivity index (χ1n) is 7.19. The van der Waals surface area contributed by atoms with Gasteiger partial charge in [0.15, 0.2) is 0 Å². The molecule has 3 rings (SSSR count). The summed E-state index contributed by atoms with van der Waals surface area (Å²) in [4.78, 5) is 12.5. The molecule has 1 aromatic heterocycles. The van der Waals surface area contributed by atoms with Crippen LogP contribution < -0.4 is 15.8 Å². The smallest absolute Gasteiger partial charge is 0.272 e. The molecule has 1 aliphatic carbocycles. The standard InChI is InChI=1S/C16H19N3O2/c1-2-21-15-6-4-3-5-13(15)18-16(20)14-9-11(17)10-19(14)12-7-8-12/h3-6,9-10,12H,2,7-8,17H2,1H3,(H,18,20). The highest BCUT2D eigenvalue weighted by Gasteiger charge is 2.27. The van der Waals surface area contributed by atoms with Crippen molar-refractivity contribution in [3.63, 3.8) is 0 Å². The zero-order valence-electron chi connectivity index (χ0n) is 12.0. The maximum Gasteiger partial charge on any atom is 0.272 e. The highest BCUT2D eigenvalue weighted by Crippen LogP contribution is 2.37. The third kappa shape index (κ3) is 2.86. The van der Waals surface area contributed by atoms with Crippen LogP contribution in [-0.2, 0) is 0 Å². The quantitative estimate of drug-likeness (QED) is 0.887. The minimum absolute atomic E-state index is 0.161. The molecule has 1 aliphatic rings. The number of nitrogen functional groups attached to an aromatic ring is 1. The Morgan fingerprint density at radius 2 is 2.19 bits per heavy atom. The van der Waals surface area contributed by atoms with Gasteiger partial charge < -0.3 is 20.4 Å². The maximum absolute atomic E-state index is 12.5. The predicted octanol–water partition coefficient (Wildman–Crippen LogP) is 3.06. The number of carbonyl (C=O) groups is 1. The lowest BCUT2D eigenvalue weighted by Crippen LogP contribution is -2.17. The number of anilines is 2. The molecular weight excluding hydrogens is 266 g/mol. The van der Waals surface area contributed by atoms with Gasteiger partial charge in [-0.15, -0.1) is 0 Å². The Bertz CT molecular complexity index is 659. The van der Waals surface area contributed by atoms with Crippen LogP contribution in [0.4, 0.5) is 11.4 Å². The molecule has 0 saturated heterocycles. The number of hydrogen-bond acceptors (Lipinski definition) is 3. The summed E-state index contributed by atoms with van der Waals surface area (Å²) in [5.74, 6) is 0.511. The largest absolute Gasteiger partial charge is 0.492 e. The number of nitrogens with one attached hydrogen (secondary N) is 1. The van der Waals surface area contributed by atoms with Crippen LogP contribution in [0.2, 0.25) is 0 Å². The minimum Gasteiger partial charge on any atom is -0.492 e. The molecule has 1 aromatic carbocycles. The molecule has 110 valence electrons. The molecule has 0 bridgehead atoms. The molecule has 0 aliphatic heterocycles. The van der Waals surface area contributed by atoms with Crippen LogP contribution in [0.1, 0.15) is 36.3 Å². The third-order valence-electron chi connectivity index (χ3n) is 3.48. The van der Waals surface area contributed by atoms with E-state index in [4.69, 9.17) is 10.5 Å². The molecule has 1 amide bonds. The minimum atomic E-state index is -0.161. The maximum atomic E-state index is 12.5. The number of hydrogen-bond donors (Lipinski definition) is 2. The van der Waals surface area contributed by atoms with Gasteiger partial charge in [-0.1, -0.05) is 12.1 Å². The van der Waals surface area contributed by atoms with Crippen LogP contribution >= 0.6 is 0 Å². The third-order valence-corrected chi connectivity index (χ3v) is 3.48. The van der Waals surface area contributed by atoms with Crippen molar-refractivity contribution in [1.82, 2.24) is 4.57 Å². The number of nitrogens with two attached hydrogens (primary N) is 1. The number of ether oxygens (including phenoxy) is 1. The zero-order chi connectivity index (χ0) is 14.8. The lowest BCUT2D eigenvalue weighted by atomic mass is 10.2. The Kier molecular flexibility index (Phi) is 3.56. The molecule has 0 radical (unpaired) electrons. The van der Waals surface area contributed by atoms with Gasteiger partial charge in [-0.25, -0.2) is 0 Å². The second-order valence-corrected chi connectivity index (χ2v) is 5.18. The lowest BCUT2D eigenvalue weighted by Gasteiger charge is -2.12. The number of amides is 1. The summed E-state index contributed by atoms with van der Waals surface area (Å²) in [6, 6.07) is 9.55. The van der Waals surface area contributed by atoms with E-state index < -0.39 is 0 Å². The average Bonchev–Trinajstić information content (AvgIpc) is 3.24. The molecule has 1 heterocycles.